The highest BCUT2D eigenvalue weighted by molar-refractivity contribution is 5.83. The average molecular weight is 378 g/mol. The number of rotatable bonds is 7. The van der Waals surface area contributed by atoms with Gasteiger partial charge in [0.15, 0.2) is 17.5 Å². The number of hydrogen-bond donors (Lipinski definition) is 2. The summed E-state index contributed by atoms with van der Waals surface area (Å²) in [5.74, 6) is 2.24. The Balaban J connectivity index is 1.55. The molecule has 0 unspecified atom stereocenters. The third-order valence-electron chi connectivity index (χ3n) is 4.54. The van der Waals surface area contributed by atoms with Crippen molar-refractivity contribution in [2.24, 2.45) is 4.99 Å². The average Bonchev–Trinajstić information content (AvgIpc) is 2.75. The minimum Gasteiger partial charge on any atom is -0.493 e. The summed E-state index contributed by atoms with van der Waals surface area (Å²) in [5.41, 5.74) is 3.32. The number of fused-ring (bicyclic) bond motifs is 1. The number of hydrogen-bond acceptors (Lipinski definition) is 4. The quantitative estimate of drug-likeness (QED) is 0.488. The molecule has 2 N–H and O–H groups in total. The number of nitrogens with zero attached hydrogens (tertiary/aromatic N) is 2. The van der Waals surface area contributed by atoms with Gasteiger partial charge in [-0.3, -0.25) is 9.98 Å². The first kappa shape index (κ1) is 19.5. The van der Waals surface area contributed by atoms with E-state index in [-0.39, 0.29) is 0 Å². The zero-order chi connectivity index (χ0) is 19.8. The van der Waals surface area contributed by atoms with Crippen LogP contribution in [0.2, 0.25) is 0 Å². The Bertz CT molecular complexity index is 951. The first-order valence-corrected chi connectivity index (χ1v) is 9.23. The second kappa shape index (κ2) is 9.60. The summed E-state index contributed by atoms with van der Waals surface area (Å²) < 4.78 is 10.6. The summed E-state index contributed by atoms with van der Waals surface area (Å²) in [4.78, 5) is 8.80. The van der Waals surface area contributed by atoms with E-state index < -0.39 is 0 Å². The largest absolute Gasteiger partial charge is 0.493 e. The van der Waals surface area contributed by atoms with Crippen LogP contribution < -0.4 is 20.1 Å². The zero-order valence-corrected chi connectivity index (χ0v) is 16.5. The molecule has 0 amide bonds. The van der Waals surface area contributed by atoms with Gasteiger partial charge in [0.2, 0.25) is 0 Å². The predicted octanol–water partition coefficient (Wildman–Crippen LogP) is 3.16. The van der Waals surface area contributed by atoms with Gasteiger partial charge in [0, 0.05) is 31.7 Å². The molecule has 3 rings (SSSR count). The smallest absolute Gasteiger partial charge is 0.191 e. The number of methoxy groups -OCH3 is 2. The molecule has 0 spiro atoms. The van der Waals surface area contributed by atoms with Crippen LogP contribution in [-0.2, 0) is 13.0 Å². The van der Waals surface area contributed by atoms with Crippen molar-refractivity contribution in [1.29, 1.82) is 0 Å². The van der Waals surface area contributed by atoms with Gasteiger partial charge in [-0.2, -0.15) is 0 Å². The number of pyridine rings is 1. The second-order valence-electron chi connectivity index (χ2n) is 6.28. The lowest BCUT2D eigenvalue weighted by Gasteiger charge is -2.13. The van der Waals surface area contributed by atoms with Gasteiger partial charge in [-0.15, -0.1) is 0 Å². The van der Waals surface area contributed by atoms with Crippen molar-refractivity contribution >= 4 is 16.9 Å². The van der Waals surface area contributed by atoms with Crippen LogP contribution in [0.25, 0.3) is 10.9 Å². The first-order chi connectivity index (χ1) is 13.7. The molecule has 0 aliphatic heterocycles. The van der Waals surface area contributed by atoms with Gasteiger partial charge in [0.05, 0.1) is 19.7 Å². The van der Waals surface area contributed by atoms with Crippen LogP contribution in [-0.4, -0.2) is 38.8 Å². The minimum atomic E-state index is 0.657. The highest BCUT2D eigenvalue weighted by Gasteiger charge is 2.06. The highest BCUT2D eigenvalue weighted by Crippen LogP contribution is 2.27. The topological polar surface area (TPSA) is 67.8 Å². The molecular weight excluding hydrogens is 352 g/mol. The maximum absolute atomic E-state index is 5.36. The van der Waals surface area contributed by atoms with E-state index in [0.29, 0.717) is 6.54 Å². The van der Waals surface area contributed by atoms with Crippen LogP contribution in [0, 0.1) is 0 Å². The van der Waals surface area contributed by atoms with E-state index in [1.807, 2.05) is 36.5 Å². The Hall–Kier alpha value is -3.28. The van der Waals surface area contributed by atoms with Gasteiger partial charge in [0.1, 0.15) is 0 Å². The van der Waals surface area contributed by atoms with Crippen molar-refractivity contribution in [2.45, 2.75) is 13.0 Å². The minimum absolute atomic E-state index is 0.657. The van der Waals surface area contributed by atoms with Crippen molar-refractivity contribution in [3.05, 3.63) is 65.9 Å². The van der Waals surface area contributed by atoms with Crippen LogP contribution in [0.15, 0.2) is 59.7 Å². The molecule has 0 radical (unpaired) electrons. The number of guanidine groups is 1. The predicted molar refractivity (Wildman–Crippen MR) is 113 cm³/mol. The zero-order valence-electron chi connectivity index (χ0n) is 16.5. The highest BCUT2D eigenvalue weighted by atomic mass is 16.5. The van der Waals surface area contributed by atoms with Gasteiger partial charge >= 0.3 is 0 Å². The summed E-state index contributed by atoms with van der Waals surface area (Å²) in [6, 6.07) is 16.2. The lowest BCUT2D eigenvalue weighted by molar-refractivity contribution is 0.354. The molecule has 2 aromatic carbocycles. The third kappa shape index (κ3) is 4.71. The van der Waals surface area contributed by atoms with E-state index in [9.17, 15) is 0 Å². The monoisotopic (exact) mass is 378 g/mol. The fourth-order valence-electron chi connectivity index (χ4n) is 3.07. The van der Waals surface area contributed by atoms with Gasteiger partial charge in [-0.05, 0) is 35.7 Å². The summed E-state index contributed by atoms with van der Waals surface area (Å²) in [7, 11) is 5.06. The molecule has 0 bridgehead atoms. The van der Waals surface area contributed by atoms with Crippen molar-refractivity contribution in [3.63, 3.8) is 0 Å². The van der Waals surface area contributed by atoms with Gasteiger partial charge < -0.3 is 20.1 Å². The van der Waals surface area contributed by atoms with E-state index in [4.69, 9.17) is 9.47 Å². The van der Waals surface area contributed by atoms with Crippen molar-refractivity contribution < 1.29 is 9.47 Å². The van der Waals surface area contributed by atoms with Crippen LogP contribution in [0.5, 0.6) is 11.5 Å². The van der Waals surface area contributed by atoms with Crippen LogP contribution in [0.4, 0.5) is 0 Å². The fraction of sp³-hybridized carbons (Fsp3) is 0.273. The lowest BCUT2D eigenvalue weighted by Crippen LogP contribution is -2.37. The summed E-state index contributed by atoms with van der Waals surface area (Å²) in [5, 5.41) is 7.85. The SMILES string of the molecule is CN=C(NCCc1ccc(OC)c(OC)c1)NCc1cccc2cccnc12. The summed E-state index contributed by atoms with van der Waals surface area (Å²) in [6.45, 7) is 1.41. The Morgan fingerprint density at radius 2 is 1.82 bits per heavy atom. The van der Waals surface area contributed by atoms with E-state index in [0.717, 1.165) is 46.9 Å². The number of ether oxygens (including phenoxy) is 2. The van der Waals surface area contributed by atoms with Crippen molar-refractivity contribution in [1.82, 2.24) is 15.6 Å². The van der Waals surface area contributed by atoms with Crippen molar-refractivity contribution in [2.75, 3.05) is 27.8 Å². The van der Waals surface area contributed by atoms with Gasteiger partial charge in [-0.25, -0.2) is 0 Å². The molecule has 0 aliphatic carbocycles. The number of nitrogens with one attached hydrogen (secondary N) is 2. The van der Waals surface area contributed by atoms with E-state index in [2.05, 4.69) is 38.8 Å². The number of aliphatic imine (C=N–C) groups is 1. The number of aromatic nitrogens is 1. The van der Waals surface area contributed by atoms with E-state index >= 15 is 0 Å². The Morgan fingerprint density at radius 3 is 2.61 bits per heavy atom. The fourth-order valence-corrected chi connectivity index (χ4v) is 3.07. The summed E-state index contributed by atoms with van der Waals surface area (Å²) in [6.07, 6.45) is 2.67. The van der Waals surface area contributed by atoms with E-state index in [1.54, 1.807) is 21.3 Å². The molecule has 0 aliphatic rings. The molecule has 28 heavy (non-hydrogen) atoms. The second-order valence-corrected chi connectivity index (χ2v) is 6.28. The molecule has 0 saturated carbocycles. The lowest BCUT2D eigenvalue weighted by atomic mass is 10.1. The third-order valence-corrected chi connectivity index (χ3v) is 4.54. The molecule has 0 atom stereocenters. The van der Waals surface area contributed by atoms with E-state index in [1.165, 1.54) is 5.56 Å². The number of para-hydroxylation sites is 1. The standard InChI is InChI=1S/C22H26N4O2/c1-23-22(25-13-11-16-9-10-19(27-2)20(14-16)28-3)26-15-18-7-4-6-17-8-5-12-24-21(17)18/h4-10,12,14H,11,13,15H2,1-3H3,(H2,23,25,26). The first-order valence-electron chi connectivity index (χ1n) is 9.23. The Kier molecular flexibility index (Phi) is 6.68. The maximum Gasteiger partial charge on any atom is 0.191 e. The summed E-state index contributed by atoms with van der Waals surface area (Å²) >= 11 is 0. The molecule has 0 fully saturated rings. The maximum atomic E-state index is 5.36. The van der Waals surface area contributed by atoms with Crippen molar-refractivity contribution in [3.8, 4) is 11.5 Å². The molecule has 0 saturated heterocycles. The van der Waals surface area contributed by atoms with Crippen LogP contribution >= 0.6 is 0 Å². The molecular formula is C22H26N4O2. The Labute approximate surface area is 165 Å². The normalized spacial score (nSPS) is 11.3. The van der Waals surface area contributed by atoms with Gasteiger partial charge in [-0.1, -0.05) is 30.3 Å². The molecule has 6 heteroatoms. The molecule has 146 valence electrons. The van der Waals surface area contributed by atoms with Gasteiger partial charge in [0.25, 0.3) is 0 Å². The van der Waals surface area contributed by atoms with Crippen LogP contribution in [0.1, 0.15) is 11.1 Å². The molecule has 1 aromatic heterocycles. The molecule has 6 nitrogen and oxygen atoms in total. The van der Waals surface area contributed by atoms with Crippen LogP contribution in [0.3, 0.4) is 0 Å². The number of benzene rings is 2. The molecule has 1 heterocycles. The molecule has 3 aromatic rings. The Morgan fingerprint density at radius 1 is 1.00 bits per heavy atom.